The van der Waals surface area contributed by atoms with Crippen LogP contribution < -0.4 is 0 Å². The van der Waals surface area contributed by atoms with Gasteiger partial charge >= 0.3 is 5.97 Å². The lowest BCUT2D eigenvalue weighted by atomic mass is 9.35. The number of ether oxygens (including phenoxy) is 1. The van der Waals surface area contributed by atoms with Gasteiger partial charge in [-0.25, -0.2) is 0 Å². The maximum absolute atomic E-state index is 12.4. The molecule has 0 spiro atoms. The van der Waals surface area contributed by atoms with E-state index in [1.807, 2.05) is 6.92 Å². The minimum Gasteiger partial charge on any atom is -0.462 e. The topological polar surface area (TPSA) is 66.8 Å². The zero-order valence-corrected chi connectivity index (χ0v) is 24.6. The first kappa shape index (κ1) is 28.1. The number of rotatable bonds is 5. The Labute approximate surface area is 220 Å². The summed E-state index contributed by atoms with van der Waals surface area (Å²) >= 11 is 0. The molecule has 4 heteroatoms. The summed E-state index contributed by atoms with van der Waals surface area (Å²) in [4.78, 5) is 12.4. The van der Waals surface area contributed by atoms with Crippen LogP contribution in [0.4, 0.5) is 0 Å². The van der Waals surface area contributed by atoms with Gasteiger partial charge in [0.15, 0.2) is 0 Å². The van der Waals surface area contributed by atoms with Crippen molar-refractivity contribution in [3.63, 3.8) is 0 Å². The summed E-state index contributed by atoms with van der Waals surface area (Å²) in [5.74, 6) is 1.01. The van der Waals surface area contributed by atoms with Gasteiger partial charge in [-0.3, -0.25) is 4.79 Å². The van der Waals surface area contributed by atoms with Crippen LogP contribution in [0.5, 0.6) is 0 Å². The van der Waals surface area contributed by atoms with Crippen molar-refractivity contribution >= 4 is 5.97 Å². The molecule has 4 aliphatic carbocycles. The van der Waals surface area contributed by atoms with Gasteiger partial charge in [-0.1, -0.05) is 46.3 Å². The van der Waals surface area contributed by atoms with E-state index in [1.165, 1.54) is 5.57 Å². The fourth-order valence-electron chi connectivity index (χ4n) is 10.6. The summed E-state index contributed by atoms with van der Waals surface area (Å²) in [6.07, 6.45) is 10.6. The minimum atomic E-state index is -0.784. The Morgan fingerprint density at radius 2 is 1.61 bits per heavy atom. The van der Waals surface area contributed by atoms with Crippen molar-refractivity contribution in [1.82, 2.24) is 0 Å². The highest BCUT2D eigenvalue weighted by Crippen LogP contribution is 2.76. The first-order valence-corrected chi connectivity index (χ1v) is 14.7. The summed E-state index contributed by atoms with van der Waals surface area (Å²) in [5, 5.41) is 22.8. The van der Waals surface area contributed by atoms with E-state index in [9.17, 15) is 15.0 Å². The molecule has 0 amide bonds. The van der Waals surface area contributed by atoms with E-state index < -0.39 is 5.60 Å². The van der Waals surface area contributed by atoms with E-state index >= 15 is 0 Å². The molecule has 0 heterocycles. The van der Waals surface area contributed by atoms with Crippen molar-refractivity contribution in [2.45, 2.75) is 138 Å². The second-order valence-electron chi connectivity index (χ2n) is 15.1. The third kappa shape index (κ3) is 4.12. The van der Waals surface area contributed by atoms with Crippen LogP contribution in [0.15, 0.2) is 11.6 Å². The molecule has 36 heavy (non-hydrogen) atoms. The van der Waals surface area contributed by atoms with E-state index in [1.54, 1.807) is 6.92 Å². The number of carbonyl (C=O) groups is 1. The van der Waals surface area contributed by atoms with Crippen molar-refractivity contribution in [3.8, 4) is 0 Å². The predicted octanol–water partition coefficient (Wildman–Crippen LogP) is 7.07. The molecule has 0 aromatic heterocycles. The summed E-state index contributed by atoms with van der Waals surface area (Å²) < 4.78 is 6.22. The lowest BCUT2D eigenvalue weighted by molar-refractivity contribution is -0.250. The number of esters is 1. The number of allylic oxidation sites excluding steroid dienone is 2. The Balaban J connectivity index is 1.74. The fraction of sp³-hybridized carbons (Fsp3) is 0.906. The highest BCUT2D eigenvalue weighted by Gasteiger charge is 2.71. The van der Waals surface area contributed by atoms with Gasteiger partial charge < -0.3 is 14.9 Å². The summed E-state index contributed by atoms with van der Waals surface area (Å²) in [6, 6.07) is 0. The second-order valence-corrected chi connectivity index (χ2v) is 15.1. The van der Waals surface area contributed by atoms with Gasteiger partial charge in [0.1, 0.15) is 6.10 Å². The lowest BCUT2D eigenvalue weighted by Crippen LogP contribution is -2.67. The number of carbonyl (C=O) groups excluding carboxylic acids is 1. The van der Waals surface area contributed by atoms with E-state index in [0.29, 0.717) is 11.8 Å². The first-order chi connectivity index (χ1) is 16.5. The third-order valence-electron chi connectivity index (χ3n) is 12.7. The quantitative estimate of drug-likeness (QED) is 0.312. The molecular formula is C32H54O4. The molecular weight excluding hydrogens is 448 g/mol. The average Bonchev–Trinajstić information content (AvgIpc) is 3.12. The number of hydrogen-bond donors (Lipinski definition) is 2. The Bertz CT molecular complexity index is 885. The molecule has 4 nitrogen and oxygen atoms in total. The molecule has 0 aliphatic heterocycles. The SMILES string of the molecule is CC(=O)OC1CC2C3(C)CCC(O)C(C)(C)C3CCC2(C)C2(C)CCC(C(C)(O)CCC=C(C)C)C12. The number of hydrogen-bond acceptors (Lipinski definition) is 4. The molecule has 0 saturated heterocycles. The molecule has 0 aromatic carbocycles. The normalized spacial score (nSPS) is 47.1. The Kier molecular flexibility index (Phi) is 7.12. The molecule has 10 atom stereocenters. The molecule has 4 rings (SSSR count). The molecule has 10 unspecified atom stereocenters. The summed E-state index contributed by atoms with van der Waals surface area (Å²) in [7, 11) is 0. The average molecular weight is 503 g/mol. The number of aliphatic hydroxyl groups is 2. The second kappa shape index (κ2) is 9.11. The Hall–Kier alpha value is -0.870. The predicted molar refractivity (Wildman–Crippen MR) is 145 cm³/mol. The van der Waals surface area contributed by atoms with Gasteiger partial charge in [-0.15, -0.1) is 0 Å². The third-order valence-corrected chi connectivity index (χ3v) is 12.7. The van der Waals surface area contributed by atoms with Crippen LogP contribution in [0.1, 0.15) is 120 Å². The number of aliphatic hydroxyl groups excluding tert-OH is 1. The van der Waals surface area contributed by atoms with Gasteiger partial charge in [0.25, 0.3) is 0 Å². The van der Waals surface area contributed by atoms with Crippen LogP contribution in [0.3, 0.4) is 0 Å². The summed E-state index contributed by atoms with van der Waals surface area (Å²) in [6.45, 7) is 19.9. The summed E-state index contributed by atoms with van der Waals surface area (Å²) in [5.41, 5.74) is 0.659. The van der Waals surface area contributed by atoms with Gasteiger partial charge in [-0.05, 0) is 118 Å². The molecule has 206 valence electrons. The van der Waals surface area contributed by atoms with Gasteiger partial charge in [0.2, 0.25) is 0 Å². The molecule has 4 aliphatic rings. The van der Waals surface area contributed by atoms with E-state index in [-0.39, 0.29) is 51.7 Å². The maximum Gasteiger partial charge on any atom is 0.302 e. The highest BCUT2D eigenvalue weighted by atomic mass is 16.5. The molecule has 4 saturated carbocycles. The van der Waals surface area contributed by atoms with Crippen LogP contribution in [0.2, 0.25) is 0 Å². The molecule has 0 bridgehead atoms. The molecule has 2 N–H and O–H groups in total. The van der Waals surface area contributed by atoms with Crippen molar-refractivity contribution < 1.29 is 19.7 Å². The monoisotopic (exact) mass is 502 g/mol. The standard InChI is InChI=1S/C32H54O4/c1-20(2)11-10-15-32(9,35)22-12-17-31(8)27(22)23(36-21(3)33)19-25-29(6)16-14-26(34)28(4,5)24(29)13-18-30(25,31)7/h11,22-27,34-35H,10,12-19H2,1-9H3. The van der Waals surface area contributed by atoms with Crippen LogP contribution in [-0.4, -0.2) is 34.0 Å². The lowest BCUT2D eigenvalue weighted by Gasteiger charge is -2.70. The zero-order valence-electron chi connectivity index (χ0n) is 24.6. The molecule has 4 fully saturated rings. The fourth-order valence-corrected chi connectivity index (χ4v) is 10.6. The molecule has 0 aromatic rings. The van der Waals surface area contributed by atoms with Crippen molar-refractivity contribution in [1.29, 1.82) is 0 Å². The smallest absolute Gasteiger partial charge is 0.302 e. The van der Waals surface area contributed by atoms with Crippen molar-refractivity contribution in [2.75, 3.05) is 0 Å². The Morgan fingerprint density at radius 3 is 2.22 bits per heavy atom. The number of fused-ring (bicyclic) bond motifs is 5. The van der Waals surface area contributed by atoms with E-state index in [4.69, 9.17) is 4.74 Å². The van der Waals surface area contributed by atoms with E-state index in [2.05, 4.69) is 54.5 Å². The zero-order chi connectivity index (χ0) is 26.9. The highest BCUT2D eigenvalue weighted by molar-refractivity contribution is 5.66. The first-order valence-electron chi connectivity index (χ1n) is 14.7. The van der Waals surface area contributed by atoms with Crippen LogP contribution in [0, 0.1) is 45.3 Å². The van der Waals surface area contributed by atoms with Crippen molar-refractivity contribution in [3.05, 3.63) is 11.6 Å². The van der Waals surface area contributed by atoms with Gasteiger partial charge in [-0.2, -0.15) is 0 Å². The van der Waals surface area contributed by atoms with Gasteiger partial charge in [0.05, 0.1) is 11.7 Å². The maximum atomic E-state index is 12.4. The van der Waals surface area contributed by atoms with Crippen LogP contribution in [-0.2, 0) is 9.53 Å². The van der Waals surface area contributed by atoms with E-state index in [0.717, 1.165) is 57.8 Å². The van der Waals surface area contributed by atoms with Crippen LogP contribution >= 0.6 is 0 Å². The Morgan fingerprint density at radius 1 is 0.972 bits per heavy atom. The van der Waals surface area contributed by atoms with Gasteiger partial charge in [0, 0.05) is 12.8 Å². The van der Waals surface area contributed by atoms with Crippen molar-refractivity contribution in [2.24, 2.45) is 45.3 Å². The molecule has 0 radical (unpaired) electrons. The van der Waals surface area contributed by atoms with Crippen LogP contribution in [0.25, 0.3) is 0 Å². The largest absolute Gasteiger partial charge is 0.462 e. The minimum absolute atomic E-state index is 0.00931.